The SMILES string of the molecule is CCCCC(C(=O)O)C(C)(C(=O)O)P(=O)(O)O. The second-order valence-electron chi connectivity index (χ2n) is 4.03. The Morgan fingerprint density at radius 2 is 1.76 bits per heavy atom. The van der Waals surface area contributed by atoms with Crippen molar-refractivity contribution in [3.05, 3.63) is 0 Å². The molecule has 2 unspecified atom stereocenters. The molecule has 0 bridgehead atoms. The fraction of sp³-hybridized carbons (Fsp3) is 0.778. The van der Waals surface area contributed by atoms with E-state index in [1.807, 2.05) is 0 Å². The molecule has 7 nitrogen and oxygen atoms in total. The normalized spacial score (nSPS) is 17.2. The van der Waals surface area contributed by atoms with Crippen LogP contribution in [0.5, 0.6) is 0 Å². The van der Waals surface area contributed by atoms with Gasteiger partial charge in [0.2, 0.25) is 0 Å². The van der Waals surface area contributed by atoms with E-state index in [0.29, 0.717) is 12.8 Å². The zero-order valence-corrected chi connectivity index (χ0v) is 10.6. The number of unbranched alkanes of at least 4 members (excludes halogenated alkanes) is 1. The quantitative estimate of drug-likeness (QED) is 0.504. The molecule has 8 heteroatoms. The van der Waals surface area contributed by atoms with Crippen molar-refractivity contribution in [3.8, 4) is 0 Å². The summed E-state index contributed by atoms with van der Waals surface area (Å²) in [6, 6.07) is 0. The van der Waals surface area contributed by atoms with Gasteiger partial charge in [-0.05, 0) is 13.3 Å². The van der Waals surface area contributed by atoms with Crippen molar-refractivity contribution < 1.29 is 34.2 Å². The number of hydrogen-bond donors (Lipinski definition) is 4. The molecule has 17 heavy (non-hydrogen) atoms. The third kappa shape index (κ3) is 3.28. The lowest BCUT2D eigenvalue weighted by Crippen LogP contribution is -2.46. The lowest BCUT2D eigenvalue weighted by Gasteiger charge is -2.31. The van der Waals surface area contributed by atoms with Crippen LogP contribution in [0.4, 0.5) is 0 Å². The van der Waals surface area contributed by atoms with Crippen LogP contribution in [0.25, 0.3) is 0 Å². The predicted octanol–water partition coefficient (Wildman–Crippen LogP) is 0.898. The highest BCUT2D eigenvalue weighted by molar-refractivity contribution is 7.54. The Morgan fingerprint density at radius 3 is 2.00 bits per heavy atom. The third-order valence-corrected chi connectivity index (χ3v) is 4.57. The number of carbonyl (C=O) groups is 2. The molecule has 0 aromatic rings. The summed E-state index contributed by atoms with van der Waals surface area (Å²) in [6.45, 7) is 2.55. The van der Waals surface area contributed by atoms with Gasteiger partial charge in [-0.1, -0.05) is 19.8 Å². The zero-order valence-electron chi connectivity index (χ0n) is 9.66. The van der Waals surface area contributed by atoms with Gasteiger partial charge in [-0.15, -0.1) is 0 Å². The molecule has 0 saturated carbocycles. The van der Waals surface area contributed by atoms with Crippen LogP contribution in [0.1, 0.15) is 33.1 Å². The summed E-state index contributed by atoms with van der Waals surface area (Å²) in [5.41, 5.74) is 0. The summed E-state index contributed by atoms with van der Waals surface area (Å²) < 4.78 is 11.3. The molecule has 0 aromatic heterocycles. The second-order valence-corrected chi connectivity index (χ2v) is 6.05. The Hall–Kier alpha value is -0.910. The standard InChI is InChI=1S/C9H17O7P/c1-3-4-5-6(7(10)11)9(2,8(12)13)17(14,15)16/h6H,3-5H2,1-2H3,(H,10,11)(H,12,13)(H2,14,15,16). The van der Waals surface area contributed by atoms with Crippen LogP contribution in [-0.4, -0.2) is 37.1 Å². The fourth-order valence-electron chi connectivity index (χ4n) is 1.53. The molecular weight excluding hydrogens is 251 g/mol. The first-order valence-electron chi connectivity index (χ1n) is 5.10. The molecule has 4 N–H and O–H groups in total. The van der Waals surface area contributed by atoms with Crippen LogP contribution < -0.4 is 0 Å². The van der Waals surface area contributed by atoms with E-state index in [1.54, 1.807) is 6.92 Å². The summed E-state index contributed by atoms with van der Waals surface area (Å²) in [4.78, 5) is 40.2. The monoisotopic (exact) mass is 268 g/mol. The van der Waals surface area contributed by atoms with Crippen molar-refractivity contribution in [2.45, 2.75) is 38.3 Å². The molecule has 0 aliphatic rings. The van der Waals surface area contributed by atoms with Crippen molar-refractivity contribution in [1.29, 1.82) is 0 Å². The predicted molar refractivity (Wildman–Crippen MR) is 58.7 cm³/mol. The highest BCUT2D eigenvalue weighted by Crippen LogP contribution is 2.55. The average Bonchev–Trinajstić information content (AvgIpc) is 2.15. The molecular formula is C9H17O7P. The van der Waals surface area contributed by atoms with E-state index in [4.69, 9.17) is 20.0 Å². The molecule has 0 aromatic carbocycles. The highest BCUT2D eigenvalue weighted by Gasteiger charge is 2.57. The molecule has 0 radical (unpaired) electrons. The summed E-state index contributed by atoms with van der Waals surface area (Å²) in [7, 11) is -5.07. The number of carboxylic acid groups (broad SMARTS) is 2. The van der Waals surface area contributed by atoms with Crippen LogP contribution in [-0.2, 0) is 14.2 Å². The van der Waals surface area contributed by atoms with Gasteiger partial charge in [0.25, 0.3) is 0 Å². The molecule has 2 atom stereocenters. The van der Waals surface area contributed by atoms with Gasteiger partial charge in [-0.25, -0.2) is 0 Å². The van der Waals surface area contributed by atoms with Crippen LogP contribution in [0.2, 0.25) is 0 Å². The Morgan fingerprint density at radius 1 is 1.29 bits per heavy atom. The van der Waals surface area contributed by atoms with Crippen LogP contribution in [0, 0.1) is 5.92 Å². The van der Waals surface area contributed by atoms with Gasteiger partial charge in [-0.2, -0.15) is 0 Å². The summed E-state index contributed by atoms with van der Waals surface area (Å²) in [5, 5.41) is 15.3. The van der Waals surface area contributed by atoms with E-state index in [9.17, 15) is 14.2 Å². The minimum absolute atomic E-state index is 0.0836. The maximum absolute atomic E-state index is 11.3. The zero-order chi connectivity index (χ0) is 13.9. The maximum Gasteiger partial charge on any atom is 0.343 e. The van der Waals surface area contributed by atoms with Crippen LogP contribution in [0.3, 0.4) is 0 Å². The molecule has 0 aliphatic carbocycles. The number of rotatable bonds is 7. The lowest BCUT2D eigenvalue weighted by atomic mass is 9.88. The molecule has 0 heterocycles. The minimum Gasteiger partial charge on any atom is -0.481 e. The van der Waals surface area contributed by atoms with E-state index in [2.05, 4.69) is 0 Å². The third-order valence-electron chi connectivity index (χ3n) is 2.86. The summed E-state index contributed by atoms with van der Waals surface area (Å²) in [5.74, 6) is -4.92. The maximum atomic E-state index is 11.3. The topological polar surface area (TPSA) is 132 Å². The average molecular weight is 268 g/mol. The lowest BCUT2D eigenvalue weighted by molar-refractivity contribution is -0.152. The summed E-state index contributed by atoms with van der Waals surface area (Å²) in [6.07, 6.45) is 0.917. The highest BCUT2D eigenvalue weighted by atomic mass is 31.2. The number of aliphatic carboxylic acids is 2. The largest absolute Gasteiger partial charge is 0.481 e. The van der Waals surface area contributed by atoms with Gasteiger partial charge in [-0.3, -0.25) is 14.2 Å². The number of hydrogen-bond acceptors (Lipinski definition) is 3. The molecule has 0 amide bonds. The van der Waals surface area contributed by atoms with Crippen molar-refractivity contribution in [2.75, 3.05) is 0 Å². The first-order valence-corrected chi connectivity index (χ1v) is 6.72. The van der Waals surface area contributed by atoms with Crippen LogP contribution >= 0.6 is 7.60 Å². The first-order chi connectivity index (χ1) is 7.59. The van der Waals surface area contributed by atoms with Crippen molar-refractivity contribution in [2.24, 2.45) is 5.92 Å². The van der Waals surface area contributed by atoms with E-state index in [1.165, 1.54) is 0 Å². The number of carboxylic acids is 2. The smallest absolute Gasteiger partial charge is 0.343 e. The van der Waals surface area contributed by atoms with E-state index >= 15 is 0 Å². The van der Waals surface area contributed by atoms with Gasteiger partial charge in [0.15, 0.2) is 5.16 Å². The Balaban J connectivity index is 5.47. The molecule has 0 fully saturated rings. The van der Waals surface area contributed by atoms with E-state index in [0.717, 1.165) is 6.92 Å². The molecule has 0 saturated heterocycles. The molecule has 0 rings (SSSR count). The van der Waals surface area contributed by atoms with Gasteiger partial charge in [0.1, 0.15) is 0 Å². The van der Waals surface area contributed by atoms with Gasteiger partial charge in [0.05, 0.1) is 5.92 Å². The first kappa shape index (κ1) is 16.1. The van der Waals surface area contributed by atoms with E-state index < -0.39 is 30.6 Å². The van der Waals surface area contributed by atoms with Gasteiger partial charge >= 0.3 is 19.5 Å². The Labute approximate surface area is 98.6 Å². The Bertz CT molecular complexity index is 347. The van der Waals surface area contributed by atoms with Gasteiger partial charge in [0, 0.05) is 0 Å². The second kappa shape index (κ2) is 5.62. The van der Waals surface area contributed by atoms with Gasteiger partial charge < -0.3 is 20.0 Å². The molecule has 0 aliphatic heterocycles. The van der Waals surface area contributed by atoms with Crippen molar-refractivity contribution in [3.63, 3.8) is 0 Å². The summed E-state index contributed by atoms with van der Waals surface area (Å²) >= 11 is 0. The Kier molecular flexibility index (Phi) is 5.32. The van der Waals surface area contributed by atoms with E-state index in [-0.39, 0.29) is 6.42 Å². The fourth-order valence-corrected chi connectivity index (χ4v) is 2.42. The molecule has 0 spiro atoms. The van der Waals surface area contributed by atoms with Crippen LogP contribution in [0.15, 0.2) is 0 Å². The van der Waals surface area contributed by atoms with Crippen molar-refractivity contribution >= 4 is 19.5 Å². The van der Waals surface area contributed by atoms with Crippen molar-refractivity contribution in [1.82, 2.24) is 0 Å². The minimum atomic E-state index is -5.07. The molecule has 100 valence electrons.